The summed E-state index contributed by atoms with van der Waals surface area (Å²) in [6, 6.07) is 12.0. The van der Waals surface area contributed by atoms with E-state index in [-0.39, 0.29) is 24.3 Å². The van der Waals surface area contributed by atoms with Gasteiger partial charge >= 0.3 is 0 Å². The van der Waals surface area contributed by atoms with E-state index < -0.39 is 0 Å². The van der Waals surface area contributed by atoms with Crippen molar-refractivity contribution in [2.24, 2.45) is 0 Å². The standard InChI is InChI=1S/C27H27N3O4S/c1-2-34-22-12-11-17(16-30-26(32)18-7-3-4-8-19(18)27(30)33)15-20(22)25(31)28-14-13-24-29-21-9-5-6-10-23(21)35-24/h3-4,7-8,11-12,15H,2,5-6,9-10,13-14,16H2,1H3,(H,28,31). The number of nitrogens with one attached hydrogen (secondary N) is 1. The van der Waals surface area contributed by atoms with Crippen molar-refractivity contribution in [1.82, 2.24) is 15.2 Å². The monoisotopic (exact) mass is 489 g/mol. The fourth-order valence-corrected chi connectivity index (χ4v) is 5.75. The molecule has 35 heavy (non-hydrogen) atoms. The molecule has 0 atom stereocenters. The number of aryl methyl sites for hydroxylation is 2. The normalized spacial score (nSPS) is 14.6. The Balaban J connectivity index is 1.28. The number of thiazole rings is 1. The van der Waals surface area contributed by atoms with Crippen LogP contribution in [0, 0.1) is 0 Å². The number of fused-ring (bicyclic) bond motifs is 2. The smallest absolute Gasteiger partial charge is 0.261 e. The molecule has 0 saturated carbocycles. The quantitative estimate of drug-likeness (QED) is 0.480. The summed E-state index contributed by atoms with van der Waals surface area (Å²) in [6.45, 7) is 2.84. The molecule has 0 fully saturated rings. The van der Waals surface area contributed by atoms with Crippen LogP contribution in [0.1, 0.15) is 72.0 Å². The Hall–Kier alpha value is -3.52. The van der Waals surface area contributed by atoms with Gasteiger partial charge < -0.3 is 10.1 Å². The van der Waals surface area contributed by atoms with Crippen LogP contribution in [0.4, 0.5) is 0 Å². The van der Waals surface area contributed by atoms with Crippen LogP contribution in [0.3, 0.4) is 0 Å². The topological polar surface area (TPSA) is 88.6 Å². The second-order valence-electron chi connectivity index (χ2n) is 8.70. The Morgan fingerprint density at radius 2 is 1.83 bits per heavy atom. The number of carbonyl (C=O) groups excluding carboxylic acids is 3. The molecular formula is C27H27N3O4S. The van der Waals surface area contributed by atoms with Crippen molar-refractivity contribution in [3.8, 4) is 5.75 Å². The molecule has 3 amide bonds. The zero-order valence-corrected chi connectivity index (χ0v) is 20.5. The van der Waals surface area contributed by atoms with Gasteiger partial charge in [0, 0.05) is 17.8 Å². The number of rotatable bonds is 8. The van der Waals surface area contributed by atoms with Crippen molar-refractivity contribution in [1.29, 1.82) is 0 Å². The lowest BCUT2D eigenvalue weighted by Gasteiger charge is -2.16. The van der Waals surface area contributed by atoms with E-state index in [1.54, 1.807) is 53.8 Å². The van der Waals surface area contributed by atoms with Gasteiger partial charge in [0.05, 0.1) is 40.5 Å². The lowest BCUT2D eigenvalue weighted by molar-refractivity contribution is 0.0642. The number of aromatic nitrogens is 1. The van der Waals surface area contributed by atoms with Crippen LogP contribution < -0.4 is 10.1 Å². The predicted octanol–water partition coefficient (Wildman–Crippen LogP) is 4.19. The van der Waals surface area contributed by atoms with Gasteiger partial charge in [0.2, 0.25) is 0 Å². The minimum Gasteiger partial charge on any atom is -0.493 e. The van der Waals surface area contributed by atoms with Crippen LogP contribution in [-0.2, 0) is 25.8 Å². The van der Waals surface area contributed by atoms with Gasteiger partial charge in [-0.2, -0.15) is 0 Å². The van der Waals surface area contributed by atoms with Crippen molar-refractivity contribution in [2.75, 3.05) is 13.2 Å². The molecule has 0 unspecified atom stereocenters. The summed E-state index contributed by atoms with van der Waals surface area (Å²) >= 11 is 1.75. The summed E-state index contributed by atoms with van der Waals surface area (Å²) in [4.78, 5) is 45.9. The first-order valence-corrected chi connectivity index (χ1v) is 12.8. The molecule has 8 heteroatoms. The molecular weight excluding hydrogens is 462 g/mol. The van der Waals surface area contributed by atoms with E-state index in [4.69, 9.17) is 9.72 Å². The van der Waals surface area contributed by atoms with Crippen molar-refractivity contribution < 1.29 is 19.1 Å². The number of benzene rings is 2. The highest BCUT2D eigenvalue weighted by Crippen LogP contribution is 2.28. The first-order chi connectivity index (χ1) is 17.0. The van der Waals surface area contributed by atoms with Crippen molar-refractivity contribution >= 4 is 29.1 Å². The van der Waals surface area contributed by atoms with Crippen molar-refractivity contribution in [2.45, 2.75) is 45.6 Å². The summed E-state index contributed by atoms with van der Waals surface area (Å²) in [5.74, 6) is -0.423. The molecule has 180 valence electrons. The largest absolute Gasteiger partial charge is 0.493 e. The third-order valence-corrected chi connectivity index (χ3v) is 7.54. The molecule has 1 N–H and O–H groups in total. The van der Waals surface area contributed by atoms with Crippen molar-refractivity contribution in [3.05, 3.63) is 80.3 Å². The van der Waals surface area contributed by atoms with Crippen LogP contribution in [0.2, 0.25) is 0 Å². The molecule has 0 bridgehead atoms. The maximum Gasteiger partial charge on any atom is 0.261 e. The fraction of sp³-hybridized carbons (Fsp3) is 0.333. The van der Waals surface area contributed by atoms with Gasteiger partial charge in [0.15, 0.2) is 0 Å². The van der Waals surface area contributed by atoms with Gasteiger partial charge in [-0.1, -0.05) is 18.2 Å². The molecule has 0 saturated heterocycles. The fourth-order valence-electron chi connectivity index (χ4n) is 4.59. The third-order valence-electron chi connectivity index (χ3n) is 6.32. The summed E-state index contributed by atoms with van der Waals surface area (Å²) in [5.41, 5.74) is 3.11. The van der Waals surface area contributed by atoms with Crippen LogP contribution in [0.25, 0.3) is 0 Å². The Morgan fingerprint density at radius 3 is 2.54 bits per heavy atom. The number of ether oxygens (including phenoxy) is 1. The highest BCUT2D eigenvalue weighted by atomic mass is 32.1. The third kappa shape index (κ3) is 4.71. The predicted molar refractivity (Wildman–Crippen MR) is 133 cm³/mol. The van der Waals surface area contributed by atoms with Crippen LogP contribution in [0.15, 0.2) is 42.5 Å². The van der Waals surface area contributed by atoms with Crippen LogP contribution >= 0.6 is 11.3 Å². The van der Waals surface area contributed by atoms with E-state index >= 15 is 0 Å². The van der Waals surface area contributed by atoms with E-state index in [0.717, 1.165) is 17.8 Å². The lowest BCUT2D eigenvalue weighted by atomic mass is 10.0. The number of hydrogen-bond acceptors (Lipinski definition) is 6. The molecule has 3 aromatic rings. The zero-order valence-electron chi connectivity index (χ0n) is 19.6. The Kier molecular flexibility index (Phi) is 6.63. The SMILES string of the molecule is CCOc1ccc(CN2C(=O)c3ccccc3C2=O)cc1C(=O)NCCc1nc2c(s1)CCCC2. The number of nitrogens with zero attached hydrogens (tertiary/aromatic N) is 2. The lowest BCUT2D eigenvalue weighted by Crippen LogP contribution is -2.30. The summed E-state index contributed by atoms with van der Waals surface area (Å²) < 4.78 is 5.68. The first kappa shape index (κ1) is 23.2. The van der Waals surface area contributed by atoms with Gasteiger partial charge in [-0.3, -0.25) is 19.3 Å². The molecule has 0 spiro atoms. The van der Waals surface area contributed by atoms with Gasteiger partial charge in [0.25, 0.3) is 17.7 Å². The second-order valence-corrected chi connectivity index (χ2v) is 9.86. The molecule has 7 nitrogen and oxygen atoms in total. The highest BCUT2D eigenvalue weighted by molar-refractivity contribution is 7.11. The summed E-state index contributed by atoms with van der Waals surface area (Å²) in [5, 5.41) is 4.04. The Morgan fingerprint density at radius 1 is 1.09 bits per heavy atom. The molecule has 5 rings (SSSR count). The second kappa shape index (κ2) is 10.00. The number of amides is 3. The minimum absolute atomic E-state index is 0.0870. The van der Waals surface area contributed by atoms with E-state index in [2.05, 4.69) is 5.32 Å². The van der Waals surface area contributed by atoms with E-state index in [1.165, 1.54) is 28.3 Å². The average molecular weight is 490 g/mol. The Bertz CT molecular complexity index is 1240. The Labute approximate surface area is 208 Å². The average Bonchev–Trinajstić information content (AvgIpc) is 3.39. The van der Waals surface area contributed by atoms with Crippen LogP contribution in [0.5, 0.6) is 5.75 Å². The van der Waals surface area contributed by atoms with Crippen molar-refractivity contribution in [3.63, 3.8) is 0 Å². The number of imide groups is 1. The molecule has 2 aliphatic rings. The van der Waals surface area contributed by atoms with E-state index in [0.29, 0.717) is 47.6 Å². The molecule has 1 aliphatic heterocycles. The molecule has 2 aromatic carbocycles. The van der Waals surface area contributed by atoms with Gasteiger partial charge in [-0.25, -0.2) is 4.98 Å². The van der Waals surface area contributed by atoms with Crippen LogP contribution in [-0.4, -0.2) is 40.8 Å². The molecule has 0 radical (unpaired) electrons. The minimum atomic E-state index is -0.323. The maximum absolute atomic E-state index is 13.1. The summed E-state index contributed by atoms with van der Waals surface area (Å²) in [7, 11) is 0. The summed E-state index contributed by atoms with van der Waals surface area (Å²) in [6.07, 6.45) is 5.27. The first-order valence-electron chi connectivity index (χ1n) is 12.0. The number of carbonyl (C=O) groups is 3. The zero-order chi connectivity index (χ0) is 24.4. The molecule has 1 aliphatic carbocycles. The highest BCUT2D eigenvalue weighted by Gasteiger charge is 2.35. The van der Waals surface area contributed by atoms with E-state index in [9.17, 15) is 14.4 Å². The number of hydrogen-bond donors (Lipinski definition) is 1. The van der Waals surface area contributed by atoms with Gasteiger partial charge in [0.1, 0.15) is 5.75 Å². The maximum atomic E-state index is 13.1. The van der Waals surface area contributed by atoms with Gasteiger partial charge in [-0.15, -0.1) is 11.3 Å². The molecule has 2 heterocycles. The molecule has 1 aromatic heterocycles. The van der Waals surface area contributed by atoms with E-state index in [1.807, 2.05) is 6.92 Å². The van der Waals surface area contributed by atoms with Gasteiger partial charge in [-0.05, 0) is 62.4 Å².